The summed E-state index contributed by atoms with van der Waals surface area (Å²) in [6.45, 7) is 4.33. The number of alkyl halides is 1. The molecule has 0 N–H and O–H groups in total. The second kappa shape index (κ2) is 5.22. The van der Waals surface area contributed by atoms with Gasteiger partial charge in [0.1, 0.15) is 0 Å². The summed E-state index contributed by atoms with van der Waals surface area (Å²) in [5.41, 5.74) is 1.38. The van der Waals surface area contributed by atoms with Crippen LogP contribution in [0, 0.1) is 13.8 Å². The molecule has 5 heteroatoms. The third-order valence-corrected chi connectivity index (χ3v) is 7.86. The van der Waals surface area contributed by atoms with Gasteiger partial charge in [-0.1, -0.05) is 15.9 Å². The summed E-state index contributed by atoms with van der Waals surface area (Å²) in [7, 11) is 0. The Balaban J connectivity index is 2.38. The van der Waals surface area contributed by atoms with Gasteiger partial charge in [0.2, 0.25) is 0 Å². The van der Waals surface area contributed by atoms with Crippen molar-refractivity contribution in [1.29, 1.82) is 0 Å². The maximum absolute atomic E-state index is 3.78. The first-order chi connectivity index (χ1) is 7.49. The van der Waals surface area contributed by atoms with Crippen molar-refractivity contribution in [2.24, 2.45) is 0 Å². The van der Waals surface area contributed by atoms with Crippen LogP contribution in [0.4, 0.5) is 0 Å². The van der Waals surface area contributed by atoms with Gasteiger partial charge in [-0.15, -0.1) is 22.7 Å². The van der Waals surface area contributed by atoms with Crippen LogP contribution in [0.1, 0.15) is 25.0 Å². The first-order valence-corrected chi connectivity index (χ1v) is 8.78. The molecule has 0 saturated carbocycles. The zero-order valence-electron chi connectivity index (χ0n) is 8.68. The van der Waals surface area contributed by atoms with Crippen molar-refractivity contribution >= 4 is 70.5 Å². The van der Waals surface area contributed by atoms with Crippen LogP contribution in [0.15, 0.2) is 20.4 Å². The molecule has 0 saturated heterocycles. The lowest BCUT2D eigenvalue weighted by Crippen LogP contribution is -1.88. The molecule has 0 bridgehead atoms. The Morgan fingerprint density at radius 3 is 2.25 bits per heavy atom. The Morgan fingerprint density at radius 1 is 1.12 bits per heavy atom. The minimum absolute atomic E-state index is 0.296. The van der Waals surface area contributed by atoms with E-state index in [-0.39, 0.29) is 0 Å². The lowest BCUT2D eigenvalue weighted by Gasteiger charge is -2.06. The van der Waals surface area contributed by atoms with Gasteiger partial charge >= 0.3 is 0 Å². The predicted octanol–water partition coefficient (Wildman–Crippen LogP) is 6.44. The summed E-state index contributed by atoms with van der Waals surface area (Å²) in [5.74, 6) is 0. The van der Waals surface area contributed by atoms with Gasteiger partial charge < -0.3 is 0 Å². The van der Waals surface area contributed by atoms with Gasteiger partial charge in [-0.3, -0.25) is 0 Å². The fourth-order valence-electron chi connectivity index (χ4n) is 1.54. The number of hydrogen-bond acceptors (Lipinski definition) is 2. The number of aryl methyl sites for hydroxylation is 2. The first kappa shape index (κ1) is 13.3. The third-order valence-electron chi connectivity index (χ3n) is 2.27. The van der Waals surface area contributed by atoms with Gasteiger partial charge in [0, 0.05) is 19.1 Å². The molecule has 0 aromatic carbocycles. The standard InChI is InChI=1S/C11H9Br3S2/c1-5-3-7(6(2)15-5)10(13)9-4-8(12)11(14)16-9/h3-4,10H,1-2H3. The van der Waals surface area contributed by atoms with E-state index in [4.69, 9.17) is 0 Å². The Labute approximate surface area is 128 Å². The lowest BCUT2D eigenvalue weighted by atomic mass is 10.1. The van der Waals surface area contributed by atoms with Crippen LogP contribution in [0.3, 0.4) is 0 Å². The van der Waals surface area contributed by atoms with Crippen LogP contribution in [0.25, 0.3) is 0 Å². The van der Waals surface area contributed by atoms with Crippen molar-refractivity contribution in [3.8, 4) is 0 Å². The number of halogens is 3. The molecule has 0 fully saturated rings. The van der Waals surface area contributed by atoms with Crippen LogP contribution in [-0.2, 0) is 0 Å². The maximum Gasteiger partial charge on any atom is 0.0843 e. The molecular weight excluding hydrogens is 436 g/mol. The smallest absolute Gasteiger partial charge is 0.0843 e. The molecule has 0 radical (unpaired) electrons. The molecule has 16 heavy (non-hydrogen) atoms. The predicted molar refractivity (Wildman–Crippen MR) is 84.3 cm³/mol. The summed E-state index contributed by atoms with van der Waals surface area (Å²) in [6, 6.07) is 4.43. The van der Waals surface area contributed by atoms with Crippen molar-refractivity contribution < 1.29 is 0 Å². The van der Waals surface area contributed by atoms with Gasteiger partial charge in [0.25, 0.3) is 0 Å². The Morgan fingerprint density at radius 2 is 1.81 bits per heavy atom. The molecule has 2 aromatic rings. The summed E-state index contributed by atoms with van der Waals surface area (Å²) in [6.07, 6.45) is 0. The largest absolute Gasteiger partial charge is 0.146 e. The molecule has 2 heterocycles. The highest BCUT2D eigenvalue weighted by atomic mass is 79.9. The van der Waals surface area contributed by atoms with Crippen molar-refractivity contribution in [1.82, 2.24) is 0 Å². The van der Waals surface area contributed by atoms with E-state index in [0.29, 0.717) is 4.83 Å². The highest BCUT2D eigenvalue weighted by Gasteiger charge is 2.18. The molecule has 0 aliphatic carbocycles. The van der Waals surface area contributed by atoms with E-state index in [0.717, 1.165) is 8.26 Å². The number of hydrogen-bond donors (Lipinski definition) is 0. The Kier molecular flexibility index (Phi) is 4.33. The molecule has 0 aliphatic heterocycles. The zero-order chi connectivity index (χ0) is 11.9. The summed E-state index contributed by atoms with van der Waals surface area (Å²) in [4.78, 5) is 4.37. The van der Waals surface area contributed by atoms with E-state index in [2.05, 4.69) is 73.8 Å². The highest BCUT2D eigenvalue weighted by molar-refractivity contribution is 9.13. The lowest BCUT2D eigenvalue weighted by molar-refractivity contribution is 1.21. The molecule has 0 amide bonds. The maximum atomic E-state index is 3.78. The average Bonchev–Trinajstić information content (AvgIpc) is 2.70. The van der Waals surface area contributed by atoms with Crippen LogP contribution in [-0.4, -0.2) is 0 Å². The van der Waals surface area contributed by atoms with Gasteiger partial charge in [0.15, 0.2) is 0 Å². The van der Waals surface area contributed by atoms with E-state index in [1.54, 1.807) is 11.3 Å². The van der Waals surface area contributed by atoms with E-state index in [9.17, 15) is 0 Å². The summed E-state index contributed by atoms with van der Waals surface area (Å²) in [5, 5.41) is 0. The third kappa shape index (κ3) is 2.64. The minimum atomic E-state index is 0.296. The second-order valence-electron chi connectivity index (χ2n) is 3.50. The number of thiophene rings is 2. The van der Waals surface area contributed by atoms with Crippen LogP contribution in [0.5, 0.6) is 0 Å². The Bertz CT molecular complexity index is 494. The normalized spacial score (nSPS) is 13.1. The summed E-state index contributed by atoms with van der Waals surface area (Å²) < 4.78 is 2.28. The zero-order valence-corrected chi connectivity index (χ0v) is 15.1. The van der Waals surface area contributed by atoms with E-state index in [1.807, 2.05) is 11.3 Å². The topological polar surface area (TPSA) is 0 Å². The van der Waals surface area contributed by atoms with Crippen molar-refractivity contribution in [3.63, 3.8) is 0 Å². The van der Waals surface area contributed by atoms with Gasteiger partial charge in [0.05, 0.1) is 8.61 Å². The molecular formula is C11H9Br3S2. The molecule has 1 atom stereocenters. The first-order valence-electron chi connectivity index (χ1n) is 4.64. The van der Waals surface area contributed by atoms with Gasteiger partial charge in [-0.05, 0) is 63.4 Å². The van der Waals surface area contributed by atoms with Crippen LogP contribution < -0.4 is 0 Å². The molecule has 2 aromatic heterocycles. The van der Waals surface area contributed by atoms with Gasteiger partial charge in [-0.25, -0.2) is 0 Å². The van der Waals surface area contributed by atoms with Crippen molar-refractivity contribution in [2.45, 2.75) is 18.7 Å². The van der Waals surface area contributed by atoms with Crippen molar-refractivity contribution in [2.75, 3.05) is 0 Å². The minimum Gasteiger partial charge on any atom is -0.146 e. The molecule has 1 unspecified atom stereocenters. The summed E-state index contributed by atoms with van der Waals surface area (Å²) >= 11 is 14.5. The fraction of sp³-hybridized carbons (Fsp3) is 0.273. The van der Waals surface area contributed by atoms with Crippen LogP contribution >= 0.6 is 70.5 Å². The van der Waals surface area contributed by atoms with E-state index < -0.39 is 0 Å². The molecule has 2 rings (SSSR count). The van der Waals surface area contributed by atoms with Crippen molar-refractivity contribution in [3.05, 3.63) is 40.6 Å². The SMILES string of the molecule is Cc1cc(C(Br)c2cc(Br)c(Br)s2)c(C)s1. The van der Waals surface area contributed by atoms with Gasteiger partial charge in [-0.2, -0.15) is 0 Å². The Hall–Kier alpha value is 0.840. The second-order valence-corrected chi connectivity index (χ2v) is 9.13. The molecule has 0 spiro atoms. The molecule has 0 nitrogen and oxygen atoms in total. The fourth-order valence-corrected chi connectivity index (χ4v) is 5.63. The quantitative estimate of drug-likeness (QED) is 0.468. The van der Waals surface area contributed by atoms with E-state index >= 15 is 0 Å². The molecule has 86 valence electrons. The van der Waals surface area contributed by atoms with Crippen LogP contribution in [0.2, 0.25) is 0 Å². The van der Waals surface area contributed by atoms with E-state index in [1.165, 1.54) is 20.2 Å². The highest BCUT2D eigenvalue weighted by Crippen LogP contribution is 2.43. The monoisotopic (exact) mass is 442 g/mol. The number of rotatable bonds is 2. The average molecular weight is 445 g/mol. The molecule has 0 aliphatic rings.